The van der Waals surface area contributed by atoms with Crippen molar-refractivity contribution in [2.24, 2.45) is 0 Å². The first-order chi connectivity index (χ1) is 8.45. The molecule has 94 valence electrons. The Labute approximate surface area is 104 Å². The highest BCUT2D eigenvalue weighted by Gasteiger charge is 2.11. The van der Waals surface area contributed by atoms with Crippen LogP contribution in [0.5, 0.6) is 0 Å². The van der Waals surface area contributed by atoms with Crippen molar-refractivity contribution in [1.29, 1.82) is 0 Å². The first-order valence-corrected chi connectivity index (χ1v) is 6.80. The molecule has 17 heavy (non-hydrogen) atoms. The maximum absolute atomic E-state index is 5.45. The largest absolute Gasteiger partial charge is 0.380 e. The molecule has 2 nitrogen and oxygen atoms in total. The molecule has 1 aliphatic rings. The molecule has 1 aromatic carbocycles. The molecular weight excluding hydrogens is 210 g/mol. The van der Waals surface area contributed by atoms with E-state index >= 15 is 0 Å². The van der Waals surface area contributed by atoms with E-state index in [0.29, 0.717) is 6.04 Å². The lowest BCUT2D eigenvalue weighted by Gasteiger charge is -2.23. The molecule has 0 aliphatic carbocycles. The molecule has 0 bridgehead atoms. The zero-order valence-electron chi connectivity index (χ0n) is 10.5. The molecule has 1 unspecified atom stereocenters. The Morgan fingerprint density at radius 1 is 1.18 bits per heavy atom. The quantitative estimate of drug-likeness (QED) is 0.763. The highest BCUT2D eigenvalue weighted by atomic mass is 16.5. The number of aryl methyl sites for hydroxylation is 1. The van der Waals surface area contributed by atoms with Crippen LogP contribution in [-0.4, -0.2) is 25.8 Å². The van der Waals surface area contributed by atoms with E-state index in [2.05, 4.69) is 35.6 Å². The fourth-order valence-corrected chi connectivity index (χ4v) is 2.31. The van der Waals surface area contributed by atoms with Crippen LogP contribution in [0.25, 0.3) is 0 Å². The van der Waals surface area contributed by atoms with E-state index in [0.717, 1.165) is 19.8 Å². The van der Waals surface area contributed by atoms with Crippen LogP contribution < -0.4 is 5.32 Å². The zero-order valence-corrected chi connectivity index (χ0v) is 10.5. The van der Waals surface area contributed by atoms with Crippen molar-refractivity contribution < 1.29 is 4.74 Å². The number of hydrogen-bond acceptors (Lipinski definition) is 2. The number of hydrogen-bond donors (Lipinski definition) is 1. The summed E-state index contributed by atoms with van der Waals surface area (Å²) in [6, 6.07) is 11.3. The Kier molecular flexibility index (Phi) is 5.53. The van der Waals surface area contributed by atoms with Crippen molar-refractivity contribution in [2.75, 3.05) is 19.8 Å². The van der Waals surface area contributed by atoms with Gasteiger partial charge in [0.25, 0.3) is 0 Å². The molecule has 1 saturated heterocycles. The number of unbranched alkanes of at least 4 members (excludes halogenated alkanes) is 1. The summed E-state index contributed by atoms with van der Waals surface area (Å²) in [5.74, 6) is 0. The number of ether oxygens (including phenoxy) is 1. The minimum atomic E-state index is 0.598. The van der Waals surface area contributed by atoms with Gasteiger partial charge in [-0.15, -0.1) is 0 Å². The van der Waals surface area contributed by atoms with Gasteiger partial charge in [-0.3, -0.25) is 0 Å². The van der Waals surface area contributed by atoms with Crippen LogP contribution in [0.2, 0.25) is 0 Å². The monoisotopic (exact) mass is 233 g/mol. The minimum Gasteiger partial charge on any atom is -0.380 e. The van der Waals surface area contributed by atoms with Crippen LogP contribution in [0.1, 0.15) is 31.2 Å². The Morgan fingerprint density at radius 2 is 2.06 bits per heavy atom. The average Bonchev–Trinajstić information content (AvgIpc) is 2.41. The van der Waals surface area contributed by atoms with Gasteiger partial charge in [-0.1, -0.05) is 30.3 Å². The third-order valence-corrected chi connectivity index (χ3v) is 3.33. The van der Waals surface area contributed by atoms with Gasteiger partial charge in [0, 0.05) is 12.6 Å². The molecule has 0 radical (unpaired) electrons. The van der Waals surface area contributed by atoms with Crippen LogP contribution in [0.3, 0.4) is 0 Å². The van der Waals surface area contributed by atoms with Gasteiger partial charge in [0.1, 0.15) is 0 Å². The van der Waals surface area contributed by atoms with E-state index in [1.807, 2.05) is 0 Å². The normalized spacial score (nSPS) is 20.4. The van der Waals surface area contributed by atoms with E-state index in [1.54, 1.807) is 0 Å². The molecule has 1 aliphatic heterocycles. The molecule has 1 heterocycles. The summed E-state index contributed by atoms with van der Waals surface area (Å²) >= 11 is 0. The zero-order chi connectivity index (χ0) is 11.8. The van der Waals surface area contributed by atoms with Crippen LogP contribution in [-0.2, 0) is 11.2 Å². The van der Waals surface area contributed by atoms with E-state index < -0.39 is 0 Å². The first-order valence-electron chi connectivity index (χ1n) is 6.80. The van der Waals surface area contributed by atoms with Crippen molar-refractivity contribution >= 4 is 0 Å². The molecule has 0 saturated carbocycles. The fourth-order valence-electron chi connectivity index (χ4n) is 2.31. The molecule has 1 atom stereocenters. The lowest BCUT2D eigenvalue weighted by atomic mass is 10.1. The van der Waals surface area contributed by atoms with E-state index in [9.17, 15) is 0 Å². The minimum absolute atomic E-state index is 0.598. The highest BCUT2D eigenvalue weighted by Crippen LogP contribution is 2.07. The predicted octanol–water partition coefficient (Wildman–Crippen LogP) is 2.78. The van der Waals surface area contributed by atoms with Gasteiger partial charge < -0.3 is 10.1 Å². The highest BCUT2D eigenvalue weighted by molar-refractivity contribution is 5.14. The maximum Gasteiger partial charge on any atom is 0.0619 e. The lowest BCUT2D eigenvalue weighted by molar-refractivity contribution is 0.0705. The van der Waals surface area contributed by atoms with Gasteiger partial charge in [-0.2, -0.15) is 0 Å². The maximum atomic E-state index is 5.45. The number of rotatable bonds is 6. The van der Waals surface area contributed by atoms with Gasteiger partial charge in [0.15, 0.2) is 0 Å². The van der Waals surface area contributed by atoms with E-state index in [1.165, 1.54) is 37.7 Å². The van der Waals surface area contributed by atoms with Gasteiger partial charge in [0.05, 0.1) is 6.61 Å². The Balaban J connectivity index is 1.51. The topological polar surface area (TPSA) is 21.3 Å². The SMILES string of the molecule is c1ccc(CCCCNC2CCCOC2)cc1. The lowest BCUT2D eigenvalue weighted by Crippen LogP contribution is -2.37. The molecule has 0 amide bonds. The third kappa shape index (κ3) is 4.88. The molecule has 1 aromatic rings. The summed E-state index contributed by atoms with van der Waals surface area (Å²) in [6.07, 6.45) is 6.21. The summed E-state index contributed by atoms with van der Waals surface area (Å²) in [4.78, 5) is 0. The average molecular weight is 233 g/mol. The van der Waals surface area contributed by atoms with Crippen LogP contribution in [0.4, 0.5) is 0 Å². The third-order valence-electron chi connectivity index (χ3n) is 3.33. The first kappa shape index (κ1) is 12.6. The van der Waals surface area contributed by atoms with Gasteiger partial charge in [-0.05, 0) is 44.2 Å². The fraction of sp³-hybridized carbons (Fsp3) is 0.600. The van der Waals surface area contributed by atoms with Crippen LogP contribution >= 0.6 is 0 Å². The summed E-state index contributed by atoms with van der Waals surface area (Å²) in [5.41, 5.74) is 1.45. The second-order valence-corrected chi connectivity index (χ2v) is 4.81. The number of nitrogens with one attached hydrogen (secondary N) is 1. The van der Waals surface area contributed by atoms with Crippen molar-refractivity contribution in [3.8, 4) is 0 Å². The molecule has 2 heteroatoms. The molecular formula is C15H23NO. The predicted molar refractivity (Wildman–Crippen MR) is 71.2 cm³/mol. The second kappa shape index (κ2) is 7.46. The Morgan fingerprint density at radius 3 is 2.82 bits per heavy atom. The smallest absolute Gasteiger partial charge is 0.0619 e. The van der Waals surface area contributed by atoms with Crippen molar-refractivity contribution in [3.05, 3.63) is 35.9 Å². The Bertz CT molecular complexity index is 293. The molecule has 2 rings (SSSR count). The summed E-state index contributed by atoms with van der Waals surface area (Å²) in [6.45, 7) is 2.98. The molecule has 0 spiro atoms. The van der Waals surface area contributed by atoms with Crippen molar-refractivity contribution in [3.63, 3.8) is 0 Å². The van der Waals surface area contributed by atoms with E-state index in [-0.39, 0.29) is 0 Å². The Hall–Kier alpha value is -0.860. The summed E-state index contributed by atoms with van der Waals surface area (Å²) < 4.78 is 5.45. The van der Waals surface area contributed by atoms with Crippen molar-refractivity contribution in [1.82, 2.24) is 5.32 Å². The standard InChI is InChI=1S/C15H23NO/c1-2-7-14(8-3-1)9-4-5-11-16-15-10-6-12-17-13-15/h1-3,7-8,15-16H,4-6,9-13H2. The van der Waals surface area contributed by atoms with Gasteiger partial charge in [-0.25, -0.2) is 0 Å². The molecule has 1 N–H and O–H groups in total. The molecule has 0 aromatic heterocycles. The second-order valence-electron chi connectivity index (χ2n) is 4.81. The van der Waals surface area contributed by atoms with Gasteiger partial charge >= 0.3 is 0 Å². The van der Waals surface area contributed by atoms with Crippen LogP contribution in [0.15, 0.2) is 30.3 Å². The van der Waals surface area contributed by atoms with Crippen LogP contribution in [0, 0.1) is 0 Å². The summed E-state index contributed by atoms with van der Waals surface area (Å²) in [5, 5.41) is 3.58. The van der Waals surface area contributed by atoms with Crippen molar-refractivity contribution in [2.45, 2.75) is 38.1 Å². The van der Waals surface area contributed by atoms with E-state index in [4.69, 9.17) is 4.74 Å². The summed E-state index contributed by atoms with van der Waals surface area (Å²) in [7, 11) is 0. The molecule has 1 fully saturated rings. The van der Waals surface area contributed by atoms with Gasteiger partial charge in [0.2, 0.25) is 0 Å². The number of benzene rings is 1.